The molecule has 3 aliphatic rings. The van der Waals surface area contributed by atoms with Crippen LogP contribution >= 0.6 is 0 Å². The summed E-state index contributed by atoms with van der Waals surface area (Å²) in [7, 11) is 0. The van der Waals surface area contributed by atoms with Crippen LogP contribution in [0.15, 0.2) is 42.6 Å². The van der Waals surface area contributed by atoms with E-state index in [0.717, 1.165) is 13.0 Å². The highest BCUT2D eigenvalue weighted by molar-refractivity contribution is 6.01. The molecule has 0 radical (unpaired) electrons. The Labute approximate surface area is 208 Å². The highest BCUT2D eigenvalue weighted by Crippen LogP contribution is 2.40. The van der Waals surface area contributed by atoms with Crippen molar-refractivity contribution in [1.29, 1.82) is 0 Å². The van der Waals surface area contributed by atoms with E-state index in [4.69, 9.17) is 4.74 Å². The molecule has 2 atom stereocenters. The number of alkyl halides is 2. The molecule has 0 unspecified atom stereocenters. The van der Waals surface area contributed by atoms with Crippen LogP contribution in [-0.2, 0) is 9.59 Å². The lowest BCUT2D eigenvalue weighted by Gasteiger charge is -2.35. The fourth-order valence-corrected chi connectivity index (χ4v) is 5.41. The van der Waals surface area contributed by atoms with Crippen LogP contribution in [0.3, 0.4) is 0 Å². The molecule has 2 aromatic rings. The van der Waals surface area contributed by atoms with E-state index in [0.29, 0.717) is 43.3 Å². The maximum absolute atomic E-state index is 13.6. The second-order valence-electron chi connectivity index (χ2n) is 9.96. The number of nitrogens with zero attached hydrogens (tertiary/aromatic N) is 3. The van der Waals surface area contributed by atoms with Crippen molar-refractivity contribution in [2.24, 2.45) is 11.8 Å². The van der Waals surface area contributed by atoms with Gasteiger partial charge in [0.05, 0.1) is 11.6 Å². The van der Waals surface area contributed by atoms with Gasteiger partial charge in [-0.05, 0) is 68.8 Å². The summed E-state index contributed by atoms with van der Waals surface area (Å²) in [5.41, 5.74) is -0.450. The zero-order valence-corrected chi connectivity index (χ0v) is 20.1. The molecule has 1 aliphatic carbocycles. The summed E-state index contributed by atoms with van der Waals surface area (Å²) < 4.78 is 33.6. The standard InChI is InChI=1S/C26H31F2N5O3/c27-26(28)10-7-18(8-11-26)23(34)25(12-15-30-17-25)36-21-5-3-20(4-6-21)33(22-2-1-13-31-32-22)24(35)19-9-14-29-16-19/h1-6,13,18-19,29-30H,7-12,14-17H2/t19-,25+/m0/s1. The number of ketones is 1. The molecule has 3 heterocycles. The van der Waals surface area contributed by atoms with Gasteiger partial charge in [-0.3, -0.25) is 14.5 Å². The molecule has 0 spiro atoms. The molecule has 3 fully saturated rings. The highest BCUT2D eigenvalue weighted by Gasteiger charge is 2.49. The molecule has 8 nitrogen and oxygen atoms in total. The molecule has 10 heteroatoms. The third-order valence-corrected chi connectivity index (χ3v) is 7.48. The molecule has 192 valence electrons. The van der Waals surface area contributed by atoms with Gasteiger partial charge in [0, 0.05) is 44.5 Å². The zero-order valence-electron chi connectivity index (χ0n) is 20.1. The second-order valence-corrected chi connectivity index (χ2v) is 9.96. The van der Waals surface area contributed by atoms with E-state index in [9.17, 15) is 18.4 Å². The molecule has 1 amide bonds. The average Bonchev–Trinajstić information content (AvgIpc) is 3.59. The van der Waals surface area contributed by atoms with Crippen LogP contribution in [0.4, 0.5) is 20.3 Å². The fraction of sp³-hybridized carbons (Fsp3) is 0.538. The van der Waals surface area contributed by atoms with Gasteiger partial charge < -0.3 is 15.4 Å². The average molecular weight is 500 g/mol. The summed E-state index contributed by atoms with van der Waals surface area (Å²) in [6, 6.07) is 10.5. The second kappa shape index (κ2) is 10.2. The number of amides is 1. The fourth-order valence-electron chi connectivity index (χ4n) is 5.41. The largest absolute Gasteiger partial charge is 0.478 e. The van der Waals surface area contributed by atoms with Crippen molar-refractivity contribution < 1.29 is 23.1 Å². The number of Topliss-reactive ketones (excluding diaryl/α,β-unsaturated/α-hetero) is 1. The number of halogens is 2. The predicted octanol–water partition coefficient (Wildman–Crippen LogP) is 3.26. The van der Waals surface area contributed by atoms with Gasteiger partial charge in [-0.25, -0.2) is 8.78 Å². The lowest BCUT2D eigenvalue weighted by molar-refractivity contribution is -0.141. The maximum Gasteiger partial charge on any atom is 0.248 e. The zero-order chi connectivity index (χ0) is 25.2. The highest BCUT2D eigenvalue weighted by atomic mass is 19.3. The Morgan fingerprint density at radius 1 is 0.972 bits per heavy atom. The number of aromatic nitrogens is 2. The molecule has 1 saturated carbocycles. The minimum Gasteiger partial charge on any atom is -0.478 e. The predicted molar refractivity (Wildman–Crippen MR) is 129 cm³/mol. The summed E-state index contributed by atoms with van der Waals surface area (Å²) in [6.07, 6.45) is 2.64. The number of anilines is 2. The number of ether oxygens (including phenoxy) is 1. The van der Waals surface area contributed by atoms with E-state index in [-0.39, 0.29) is 43.3 Å². The Balaban J connectivity index is 1.35. The number of nitrogens with one attached hydrogen (secondary N) is 2. The summed E-state index contributed by atoms with van der Waals surface area (Å²) in [6.45, 7) is 2.37. The Morgan fingerprint density at radius 2 is 1.75 bits per heavy atom. The molecule has 0 bridgehead atoms. The lowest BCUT2D eigenvalue weighted by Crippen LogP contribution is -2.50. The molecule has 1 aromatic carbocycles. The number of carbonyl (C=O) groups is 2. The van der Waals surface area contributed by atoms with Gasteiger partial charge in [-0.15, -0.1) is 5.10 Å². The van der Waals surface area contributed by atoms with E-state index in [1.165, 1.54) is 0 Å². The van der Waals surface area contributed by atoms with Crippen molar-refractivity contribution in [3.8, 4) is 5.75 Å². The van der Waals surface area contributed by atoms with Crippen LogP contribution in [-0.4, -0.2) is 59.6 Å². The van der Waals surface area contributed by atoms with Crippen molar-refractivity contribution in [3.05, 3.63) is 42.6 Å². The van der Waals surface area contributed by atoms with Gasteiger partial charge in [0.15, 0.2) is 17.2 Å². The first-order valence-electron chi connectivity index (χ1n) is 12.6. The van der Waals surface area contributed by atoms with Gasteiger partial charge in [0.25, 0.3) is 0 Å². The number of hydrogen-bond acceptors (Lipinski definition) is 7. The summed E-state index contributed by atoms with van der Waals surface area (Å²) in [5, 5.41) is 14.5. The first-order chi connectivity index (χ1) is 17.4. The molecule has 2 aliphatic heterocycles. The smallest absolute Gasteiger partial charge is 0.248 e. The molecule has 2 N–H and O–H groups in total. The molecule has 1 aromatic heterocycles. The normalized spacial score (nSPS) is 26.0. The summed E-state index contributed by atoms with van der Waals surface area (Å²) in [5.74, 6) is -2.50. The SMILES string of the molecule is O=C([C@H]1CCNC1)N(c1ccc(O[C@]2(C(=O)C3CCC(F)(F)CC3)CCNC2)cc1)c1cccnn1. The van der Waals surface area contributed by atoms with Crippen molar-refractivity contribution in [2.45, 2.75) is 50.0 Å². The number of rotatable bonds is 7. The maximum atomic E-state index is 13.6. The van der Waals surface area contributed by atoms with Gasteiger partial charge in [0.2, 0.25) is 11.8 Å². The Morgan fingerprint density at radius 3 is 2.36 bits per heavy atom. The lowest BCUT2D eigenvalue weighted by atomic mass is 9.78. The number of carbonyl (C=O) groups excluding carboxylic acids is 2. The van der Waals surface area contributed by atoms with E-state index in [1.54, 1.807) is 47.5 Å². The molecule has 5 rings (SSSR count). The van der Waals surface area contributed by atoms with Crippen LogP contribution in [0.5, 0.6) is 5.75 Å². The van der Waals surface area contributed by atoms with Crippen molar-refractivity contribution in [1.82, 2.24) is 20.8 Å². The van der Waals surface area contributed by atoms with E-state index in [1.807, 2.05) is 0 Å². The first-order valence-corrected chi connectivity index (χ1v) is 12.6. The van der Waals surface area contributed by atoms with Crippen LogP contribution in [0.25, 0.3) is 0 Å². The van der Waals surface area contributed by atoms with Crippen molar-refractivity contribution in [3.63, 3.8) is 0 Å². The first kappa shape index (κ1) is 24.7. The van der Waals surface area contributed by atoms with Crippen LogP contribution < -0.4 is 20.3 Å². The van der Waals surface area contributed by atoms with E-state index >= 15 is 0 Å². The van der Waals surface area contributed by atoms with Crippen LogP contribution in [0.2, 0.25) is 0 Å². The molecular formula is C26H31F2N5O3. The minimum atomic E-state index is -2.68. The molecule has 36 heavy (non-hydrogen) atoms. The Bertz CT molecular complexity index is 1060. The molecule has 2 saturated heterocycles. The summed E-state index contributed by atoms with van der Waals surface area (Å²) in [4.78, 5) is 28.4. The third kappa shape index (κ3) is 5.10. The van der Waals surface area contributed by atoms with Gasteiger partial charge in [-0.2, -0.15) is 5.10 Å². The Kier molecular flexibility index (Phi) is 6.98. The third-order valence-electron chi connectivity index (χ3n) is 7.48. The van der Waals surface area contributed by atoms with Gasteiger partial charge in [-0.1, -0.05) is 0 Å². The van der Waals surface area contributed by atoms with E-state index in [2.05, 4.69) is 20.8 Å². The van der Waals surface area contributed by atoms with Crippen molar-refractivity contribution >= 4 is 23.2 Å². The monoisotopic (exact) mass is 499 g/mol. The van der Waals surface area contributed by atoms with Crippen LogP contribution in [0.1, 0.15) is 38.5 Å². The number of benzene rings is 1. The summed E-state index contributed by atoms with van der Waals surface area (Å²) >= 11 is 0. The minimum absolute atomic E-state index is 0.0603. The van der Waals surface area contributed by atoms with Gasteiger partial charge >= 0.3 is 0 Å². The quantitative estimate of drug-likeness (QED) is 0.604. The Hall–Kier alpha value is -2.98. The number of hydrogen-bond donors (Lipinski definition) is 2. The van der Waals surface area contributed by atoms with Gasteiger partial charge in [0.1, 0.15) is 5.75 Å². The van der Waals surface area contributed by atoms with Crippen molar-refractivity contribution in [2.75, 3.05) is 31.1 Å². The van der Waals surface area contributed by atoms with E-state index < -0.39 is 17.4 Å². The van der Waals surface area contributed by atoms with Crippen LogP contribution in [0, 0.1) is 11.8 Å². The molecular weight excluding hydrogens is 468 g/mol. The topological polar surface area (TPSA) is 96.5 Å².